The van der Waals surface area contributed by atoms with Crippen LogP contribution in [0.15, 0.2) is 48.5 Å². The first-order valence-corrected chi connectivity index (χ1v) is 8.92. The summed E-state index contributed by atoms with van der Waals surface area (Å²) in [5.41, 5.74) is 1.01. The molecule has 0 radical (unpaired) electrons. The van der Waals surface area contributed by atoms with E-state index in [1.165, 1.54) is 20.1 Å². The summed E-state index contributed by atoms with van der Waals surface area (Å²) in [5.74, 6) is -2.77. The number of hydrogen-bond acceptors (Lipinski definition) is 4. The highest BCUT2D eigenvalue weighted by atomic mass is 19.2. The molecule has 0 unspecified atom stereocenters. The van der Waals surface area contributed by atoms with Gasteiger partial charge in [0.15, 0.2) is 17.7 Å². The minimum Gasteiger partial charge on any atom is -0.481 e. The Morgan fingerprint density at radius 2 is 1.79 bits per heavy atom. The molecule has 0 bridgehead atoms. The number of halogens is 2. The van der Waals surface area contributed by atoms with Gasteiger partial charge in [-0.15, -0.1) is 0 Å². The van der Waals surface area contributed by atoms with Crippen LogP contribution in [-0.2, 0) is 20.7 Å². The van der Waals surface area contributed by atoms with Gasteiger partial charge in [-0.2, -0.15) is 0 Å². The third-order valence-electron chi connectivity index (χ3n) is 4.17. The summed E-state index contributed by atoms with van der Waals surface area (Å²) in [4.78, 5) is 24.0. The van der Waals surface area contributed by atoms with Crippen LogP contribution < -0.4 is 10.1 Å². The molecule has 1 N–H and O–H groups in total. The van der Waals surface area contributed by atoms with Crippen molar-refractivity contribution in [1.29, 1.82) is 0 Å². The molecule has 2 atom stereocenters. The summed E-state index contributed by atoms with van der Waals surface area (Å²) in [7, 11) is 1.31. The standard InChI is InChI=1S/C21H23F2NO4/c1-14(28-17-9-10-18(22)19(23)13-17)21(26)24-16(8-11-20(25)27-2)12-15-6-4-3-5-7-15/h3-7,9-10,13-14,16H,8,11-12H2,1-2H3,(H,24,26)/t14-,16-/m1/s1. The first-order chi connectivity index (χ1) is 13.4. The molecule has 0 spiro atoms. The molecule has 0 aliphatic carbocycles. The zero-order valence-electron chi connectivity index (χ0n) is 15.8. The maximum absolute atomic E-state index is 13.3. The molecule has 150 valence electrons. The van der Waals surface area contributed by atoms with Gasteiger partial charge in [0, 0.05) is 18.5 Å². The Hall–Kier alpha value is -2.96. The molecule has 0 saturated heterocycles. The predicted octanol–water partition coefficient (Wildman–Crippen LogP) is 3.41. The van der Waals surface area contributed by atoms with Crippen molar-refractivity contribution in [2.24, 2.45) is 0 Å². The fourth-order valence-electron chi connectivity index (χ4n) is 2.64. The Kier molecular flexibility index (Phi) is 7.92. The second kappa shape index (κ2) is 10.4. The average molecular weight is 391 g/mol. The molecular weight excluding hydrogens is 368 g/mol. The van der Waals surface area contributed by atoms with Gasteiger partial charge in [0.25, 0.3) is 5.91 Å². The van der Waals surface area contributed by atoms with Crippen LogP contribution in [-0.4, -0.2) is 31.1 Å². The van der Waals surface area contributed by atoms with Crippen molar-refractivity contribution >= 4 is 11.9 Å². The molecule has 2 aromatic rings. The molecule has 0 heterocycles. The number of hydrogen-bond donors (Lipinski definition) is 1. The summed E-state index contributed by atoms with van der Waals surface area (Å²) in [6.07, 6.45) is 0.153. The van der Waals surface area contributed by atoms with E-state index in [4.69, 9.17) is 4.74 Å². The van der Waals surface area contributed by atoms with E-state index in [9.17, 15) is 18.4 Å². The summed E-state index contributed by atoms with van der Waals surface area (Å²) in [6.45, 7) is 1.51. The molecule has 0 saturated carbocycles. The van der Waals surface area contributed by atoms with E-state index in [1.54, 1.807) is 0 Å². The van der Waals surface area contributed by atoms with Crippen LogP contribution in [0.5, 0.6) is 5.75 Å². The van der Waals surface area contributed by atoms with Gasteiger partial charge in [0.05, 0.1) is 7.11 Å². The maximum atomic E-state index is 13.3. The van der Waals surface area contributed by atoms with Gasteiger partial charge in [0.2, 0.25) is 0 Å². The highest BCUT2D eigenvalue weighted by Gasteiger charge is 2.21. The Balaban J connectivity index is 2.00. The lowest BCUT2D eigenvalue weighted by Gasteiger charge is -2.22. The van der Waals surface area contributed by atoms with Crippen molar-refractivity contribution in [3.05, 3.63) is 65.7 Å². The number of amides is 1. The van der Waals surface area contributed by atoms with E-state index in [-0.39, 0.29) is 24.2 Å². The van der Waals surface area contributed by atoms with Gasteiger partial charge < -0.3 is 14.8 Å². The highest BCUT2D eigenvalue weighted by Crippen LogP contribution is 2.17. The number of benzene rings is 2. The van der Waals surface area contributed by atoms with Crippen LogP contribution >= 0.6 is 0 Å². The zero-order valence-corrected chi connectivity index (χ0v) is 15.8. The normalized spacial score (nSPS) is 12.7. The third kappa shape index (κ3) is 6.64. The van der Waals surface area contributed by atoms with Crippen molar-refractivity contribution in [2.75, 3.05) is 7.11 Å². The molecule has 0 fully saturated rings. The second-order valence-corrected chi connectivity index (χ2v) is 6.35. The van der Waals surface area contributed by atoms with Crippen LogP contribution in [0.3, 0.4) is 0 Å². The number of ether oxygens (including phenoxy) is 2. The van der Waals surface area contributed by atoms with Crippen LogP contribution in [0.4, 0.5) is 8.78 Å². The van der Waals surface area contributed by atoms with E-state index >= 15 is 0 Å². The van der Waals surface area contributed by atoms with Crippen LogP contribution in [0, 0.1) is 11.6 Å². The van der Waals surface area contributed by atoms with E-state index < -0.39 is 23.6 Å². The lowest BCUT2D eigenvalue weighted by atomic mass is 10.0. The third-order valence-corrected chi connectivity index (χ3v) is 4.17. The van der Waals surface area contributed by atoms with Crippen molar-refractivity contribution in [3.63, 3.8) is 0 Å². The van der Waals surface area contributed by atoms with Crippen molar-refractivity contribution < 1.29 is 27.8 Å². The molecule has 0 aliphatic rings. The number of carbonyl (C=O) groups excluding carboxylic acids is 2. The minimum atomic E-state index is -1.05. The molecule has 1 amide bonds. The lowest BCUT2D eigenvalue weighted by molar-refractivity contribution is -0.141. The Bertz CT molecular complexity index is 798. The summed E-state index contributed by atoms with van der Waals surface area (Å²) >= 11 is 0. The van der Waals surface area contributed by atoms with Gasteiger partial charge >= 0.3 is 5.97 Å². The van der Waals surface area contributed by atoms with Gasteiger partial charge in [-0.25, -0.2) is 8.78 Å². The highest BCUT2D eigenvalue weighted by molar-refractivity contribution is 5.81. The van der Waals surface area contributed by atoms with Crippen LogP contribution in [0.25, 0.3) is 0 Å². The largest absolute Gasteiger partial charge is 0.481 e. The van der Waals surface area contributed by atoms with Gasteiger partial charge in [-0.05, 0) is 37.5 Å². The fourth-order valence-corrected chi connectivity index (χ4v) is 2.64. The van der Waals surface area contributed by atoms with Crippen LogP contribution in [0.1, 0.15) is 25.3 Å². The monoisotopic (exact) mass is 391 g/mol. The minimum absolute atomic E-state index is 0.0516. The van der Waals surface area contributed by atoms with Gasteiger partial charge in [-0.3, -0.25) is 9.59 Å². The molecule has 2 rings (SSSR count). The Morgan fingerprint density at radius 3 is 2.43 bits per heavy atom. The van der Waals surface area contributed by atoms with E-state index in [0.717, 1.165) is 17.7 Å². The number of nitrogens with one attached hydrogen (secondary N) is 1. The van der Waals surface area contributed by atoms with Gasteiger partial charge in [0.1, 0.15) is 5.75 Å². The molecule has 7 heteroatoms. The first kappa shape index (κ1) is 21.3. The quantitative estimate of drug-likeness (QED) is 0.666. The zero-order chi connectivity index (χ0) is 20.5. The predicted molar refractivity (Wildman–Crippen MR) is 99.8 cm³/mol. The smallest absolute Gasteiger partial charge is 0.305 e. The molecular formula is C21H23F2NO4. The average Bonchev–Trinajstić information content (AvgIpc) is 2.69. The second-order valence-electron chi connectivity index (χ2n) is 6.35. The number of esters is 1. The molecule has 0 aliphatic heterocycles. The molecule has 5 nitrogen and oxygen atoms in total. The SMILES string of the molecule is COC(=O)CC[C@H](Cc1ccccc1)NC(=O)[C@@H](C)Oc1ccc(F)c(F)c1. The van der Waals surface area contributed by atoms with E-state index in [2.05, 4.69) is 10.1 Å². The number of carbonyl (C=O) groups is 2. The van der Waals surface area contributed by atoms with E-state index in [1.807, 2.05) is 30.3 Å². The summed E-state index contributed by atoms with van der Waals surface area (Å²) in [5, 5.41) is 2.85. The van der Waals surface area contributed by atoms with Crippen molar-refractivity contribution in [2.45, 2.75) is 38.3 Å². The van der Waals surface area contributed by atoms with Crippen molar-refractivity contribution in [3.8, 4) is 5.75 Å². The van der Waals surface area contributed by atoms with Crippen LogP contribution in [0.2, 0.25) is 0 Å². The number of rotatable bonds is 9. The maximum Gasteiger partial charge on any atom is 0.305 e. The summed E-state index contributed by atoms with van der Waals surface area (Å²) in [6, 6.07) is 12.3. The Morgan fingerprint density at radius 1 is 1.07 bits per heavy atom. The lowest BCUT2D eigenvalue weighted by Crippen LogP contribution is -2.43. The molecule has 0 aromatic heterocycles. The number of methoxy groups -OCH3 is 1. The topological polar surface area (TPSA) is 64.6 Å². The van der Waals surface area contributed by atoms with E-state index in [0.29, 0.717) is 12.8 Å². The molecule has 2 aromatic carbocycles. The fraction of sp³-hybridized carbons (Fsp3) is 0.333. The summed E-state index contributed by atoms with van der Waals surface area (Å²) < 4.78 is 36.4. The Labute approximate surface area is 162 Å². The van der Waals surface area contributed by atoms with Gasteiger partial charge in [-0.1, -0.05) is 30.3 Å². The first-order valence-electron chi connectivity index (χ1n) is 8.92. The van der Waals surface area contributed by atoms with Crippen molar-refractivity contribution in [1.82, 2.24) is 5.32 Å². The molecule has 28 heavy (non-hydrogen) atoms.